The van der Waals surface area contributed by atoms with Crippen LogP contribution in [0.3, 0.4) is 0 Å². The van der Waals surface area contributed by atoms with Gasteiger partial charge in [-0.3, -0.25) is 4.79 Å². The van der Waals surface area contributed by atoms with E-state index in [0.717, 1.165) is 23.2 Å². The highest BCUT2D eigenvalue weighted by Gasteiger charge is 2.11. The summed E-state index contributed by atoms with van der Waals surface area (Å²) in [5.74, 6) is 0.631. The highest BCUT2D eigenvalue weighted by atomic mass is 79.9. The van der Waals surface area contributed by atoms with Gasteiger partial charge in [0.05, 0.1) is 6.54 Å². The summed E-state index contributed by atoms with van der Waals surface area (Å²) in [7, 11) is 3.59. The maximum atomic E-state index is 11.5. The molecule has 1 rings (SSSR count). The predicted molar refractivity (Wildman–Crippen MR) is 88.0 cm³/mol. The summed E-state index contributed by atoms with van der Waals surface area (Å²) in [5, 5.41) is 6.09. The molecule has 5 heteroatoms. The van der Waals surface area contributed by atoms with Crippen LogP contribution in [-0.4, -0.2) is 33.1 Å². The van der Waals surface area contributed by atoms with E-state index in [9.17, 15) is 4.79 Å². The van der Waals surface area contributed by atoms with Crippen molar-refractivity contribution in [1.29, 1.82) is 0 Å². The van der Waals surface area contributed by atoms with Crippen molar-refractivity contribution in [2.24, 2.45) is 5.92 Å². The fourth-order valence-electron chi connectivity index (χ4n) is 1.92. The number of carbonyl (C=O) groups excluding carboxylic acids is 1. The molecule has 0 unspecified atom stereocenters. The quantitative estimate of drug-likeness (QED) is 0.800. The van der Waals surface area contributed by atoms with Gasteiger partial charge >= 0.3 is 0 Å². The third-order valence-electron chi connectivity index (χ3n) is 2.99. The molecule has 0 saturated carbocycles. The lowest BCUT2D eigenvalue weighted by molar-refractivity contribution is -0.119. The molecule has 4 nitrogen and oxygen atoms in total. The number of likely N-dealkylation sites (N-methyl/N-ethyl adjacent to an activating group) is 2. The van der Waals surface area contributed by atoms with Crippen LogP contribution < -0.4 is 15.5 Å². The average molecular weight is 342 g/mol. The Hall–Kier alpha value is -1.07. The van der Waals surface area contributed by atoms with Crippen molar-refractivity contribution in [3.63, 3.8) is 0 Å². The number of nitrogens with zero attached hydrogens (tertiary/aromatic N) is 1. The van der Waals surface area contributed by atoms with Crippen LogP contribution in [0.4, 0.5) is 5.69 Å². The minimum absolute atomic E-state index is 0.00793. The number of nitrogens with one attached hydrogen (secondary N) is 2. The zero-order valence-corrected chi connectivity index (χ0v) is 14.3. The minimum atomic E-state index is 0.00793. The van der Waals surface area contributed by atoms with Gasteiger partial charge < -0.3 is 15.5 Å². The third-order valence-corrected chi connectivity index (χ3v) is 3.48. The van der Waals surface area contributed by atoms with E-state index in [1.165, 1.54) is 5.56 Å². The lowest BCUT2D eigenvalue weighted by Gasteiger charge is -2.22. The van der Waals surface area contributed by atoms with Crippen molar-refractivity contribution in [2.45, 2.75) is 20.4 Å². The van der Waals surface area contributed by atoms with E-state index in [1.807, 2.05) is 18.0 Å². The fourth-order valence-corrected chi connectivity index (χ4v) is 2.27. The van der Waals surface area contributed by atoms with E-state index in [-0.39, 0.29) is 5.91 Å². The number of carbonyl (C=O) groups is 1. The van der Waals surface area contributed by atoms with Crippen LogP contribution in [0.15, 0.2) is 22.7 Å². The molecule has 0 aliphatic rings. The van der Waals surface area contributed by atoms with Gasteiger partial charge in [-0.15, -0.1) is 0 Å². The summed E-state index contributed by atoms with van der Waals surface area (Å²) in [6, 6.07) is 6.17. The average Bonchev–Trinajstić information content (AvgIpc) is 2.39. The highest BCUT2D eigenvalue weighted by Crippen LogP contribution is 2.24. The SMILES string of the molecule is CNC(=O)CN(C)c1cc(Br)ccc1CNCC(C)C. The van der Waals surface area contributed by atoms with Crippen molar-refractivity contribution in [3.8, 4) is 0 Å². The van der Waals surface area contributed by atoms with Crippen molar-refractivity contribution in [2.75, 3.05) is 32.1 Å². The lowest BCUT2D eigenvalue weighted by Crippen LogP contribution is -2.33. The second-order valence-corrected chi connectivity index (χ2v) is 6.24. The van der Waals surface area contributed by atoms with Gasteiger partial charge in [0.2, 0.25) is 5.91 Å². The van der Waals surface area contributed by atoms with Crippen LogP contribution in [0.2, 0.25) is 0 Å². The molecule has 1 aromatic rings. The molecule has 20 heavy (non-hydrogen) atoms. The highest BCUT2D eigenvalue weighted by molar-refractivity contribution is 9.10. The number of halogens is 1. The number of amides is 1. The van der Waals surface area contributed by atoms with Gasteiger partial charge in [-0.2, -0.15) is 0 Å². The molecule has 2 N–H and O–H groups in total. The zero-order chi connectivity index (χ0) is 15.1. The van der Waals surface area contributed by atoms with Gasteiger partial charge in [-0.1, -0.05) is 35.8 Å². The van der Waals surface area contributed by atoms with E-state index in [2.05, 4.69) is 52.5 Å². The van der Waals surface area contributed by atoms with Gasteiger partial charge in [-0.25, -0.2) is 0 Å². The molecule has 0 radical (unpaired) electrons. The number of hydrogen-bond donors (Lipinski definition) is 2. The molecule has 0 spiro atoms. The van der Waals surface area contributed by atoms with Crippen molar-refractivity contribution in [1.82, 2.24) is 10.6 Å². The van der Waals surface area contributed by atoms with Gasteiger partial charge in [-0.05, 0) is 30.2 Å². The molecule has 1 aromatic carbocycles. The molecule has 0 saturated heterocycles. The molecule has 0 atom stereocenters. The fraction of sp³-hybridized carbons (Fsp3) is 0.533. The van der Waals surface area contributed by atoms with Crippen molar-refractivity contribution < 1.29 is 4.79 Å². The summed E-state index contributed by atoms with van der Waals surface area (Å²) in [5.41, 5.74) is 2.26. The number of hydrogen-bond acceptors (Lipinski definition) is 3. The predicted octanol–water partition coefficient (Wildman–Crippen LogP) is 2.38. The van der Waals surface area contributed by atoms with Gasteiger partial charge in [0, 0.05) is 30.8 Å². The molecule has 0 aliphatic heterocycles. The molecule has 0 bridgehead atoms. The van der Waals surface area contributed by atoms with Gasteiger partial charge in [0.15, 0.2) is 0 Å². The maximum Gasteiger partial charge on any atom is 0.239 e. The standard InChI is InChI=1S/C15H24BrN3O/c1-11(2)8-18-9-12-5-6-13(16)7-14(12)19(4)10-15(20)17-3/h5-7,11,18H,8-10H2,1-4H3,(H,17,20). The normalized spacial score (nSPS) is 10.7. The molecular weight excluding hydrogens is 318 g/mol. The Labute approximate surface area is 130 Å². The second kappa shape index (κ2) is 8.27. The van der Waals surface area contributed by atoms with Crippen molar-refractivity contribution in [3.05, 3.63) is 28.2 Å². The summed E-state index contributed by atoms with van der Waals surface area (Å²) >= 11 is 3.49. The Bertz CT molecular complexity index is 449. The number of rotatable bonds is 7. The number of benzene rings is 1. The Morgan fingerprint density at radius 1 is 1.40 bits per heavy atom. The third kappa shape index (κ3) is 5.51. The van der Waals surface area contributed by atoms with E-state index in [1.54, 1.807) is 7.05 Å². The first-order chi connectivity index (χ1) is 9.43. The maximum absolute atomic E-state index is 11.5. The van der Waals surface area contributed by atoms with Gasteiger partial charge in [0.25, 0.3) is 0 Å². The van der Waals surface area contributed by atoms with E-state index in [4.69, 9.17) is 0 Å². The Morgan fingerprint density at radius 2 is 2.10 bits per heavy atom. The molecule has 1 amide bonds. The van der Waals surface area contributed by atoms with Crippen LogP contribution in [-0.2, 0) is 11.3 Å². The van der Waals surface area contributed by atoms with Crippen LogP contribution in [0.5, 0.6) is 0 Å². The summed E-state index contributed by atoms with van der Waals surface area (Å²) < 4.78 is 1.02. The molecule has 0 fully saturated rings. The first-order valence-electron chi connectivity index (χ1n) is 6.85. The Morgan fingerprint density at radius 3 is 2.70 bits per heavy atom. The number of anilines is 1. The van der Waals surface area contributed by atoms with E-state index < -0.39 is 0 Å². The zero-order valence-electron chi connectivity index (χ0n) is 12.7. The largest absolute Gasteiger partial charge is 0.365 e. The Kier molecular flexibility index (Phi) is 7.02. The van der Waals surface area contributed by atoms with Crippen molar-refractivity contribution >= 4 is 27.5 Å². The van der Waals surface area contributed by atoms with Crippen LogP contribution in [0, 0.1) is 5.92 Å². The van der Waals surface area contributed by atoms with E-state index >= 15 is 0 Å². The Balaban J connectivity index is 2.81. The topological polar surface area (TPSA) is 44.4 Å². The molecule has 0 aliphatic carbocycles. The second-order valence-electron chi connectivity index (χ2n) is 5.33. The summed E-state index contributed by atoms with van der Waals surface area (Å²) in [4.78, 5) is 13.5. The molecule has 112 valence electrons. The van der Waals surface area contributed by atoms with Crippen LogP contribution in [0.25, 0.3) is 0 Å². The van der Waals surface area contributed by atoms with Crippen LogP contribution >= 0.6 is 15.9 Å². The molecule has 0 heterocycles. The summed E-state index contributed by atoms with van der Waals surface area (Å²) in [6.07, 6.45) is 0. The minimum Gasteiger partial charge on any atom is -0.365 e. The molecule has 0 aromatic heterocycles. The van der Waals surface area contributed by atoms with Gasteiger partial charge in [0.1, 0.15) is 0 Å². The van der Waals surface area contributed by atoms with Crippen LogP contribution in [0.1, 0.15) is 19.4 Å². The summed E-state index contributed by atoms with van der Waals surface area (Å²) in [6.45, 7) is 6.51. The molecular formula is C15H24BrN3O. The van der Waals surface area contributed by atoms with E-state index in [0.29, 0.717) is 12.5 Å². The lowest BCUT2D eigenvalue weighted by atomic mass is 10.1. The smallest absolute Gasteiger partial charge is 0.239 e. The monoisotopic (exact) mass is 341 g/mol. The first-order valence-corrected chi connectivity index (χ1v) is 7.64. The first kappa shape index (κ1) is 17.0.